The van der Waals surface area contributed by atoms with E-state index >= 15 is 0 Å². The van der Waals surface area contributed by atoms with E-state index in [1.54, 1.807) is 37.7 Å². The average molecular weight is 362 g/mol. The highest BCUT2D eigenvalue weighted by atomic mass is 16.5. The Labute approximate surface area is 158 Å². The fourth-order valence-electron chi connectivity index (χ4n) is 2.83. The van der Waals surface area contributed by atoms with Crippen molar-refractivity contribution in [2.24, 2.45) is 0 Å². The molecule has 1 atom stereocenters. The molecule has 0 saturated heterocycles. The Hall–Kier alpha value is -3.41. The zero-order valence-corrected chi connectivity index (χ0v) is 15.3. The Kier molecular flexibility index (Phi) is 5.99. The van der Waals surface area contributed by atoms with Crippen LogP contribution < -0.4 is 15.4 Å². The van der Waals surface area contributed by atoms with Crippen molar-refractivity contribution in [2.45, 2.75) is 19.4 Å². The van der Waals surface area contributed by atoms with Gasteiger partial charge in [-0.2, -0.15) is 0 Å². The SMILES string of the molecule is CCC(NC(=O)c1cccc(Nc2ncccn2)c1)c1ccccc1OC. The second-order valence-corrected chi connectivity index (χ2v) is 5.95. The zero-order valence-electron chi connectivity index (χ0n) is 15.3. The van der Waals surface area contributed by atoms with Gasteiger partial charge < -0.3 is 15.4 Å². The summed E-state index contributed by atoms with van der Waals surface area (Å²) in [5, 5.41) is 6.18. The molecule has 6 heteroatoms. The molecule has 1 unspecified atom stereocenters. The summed E-state index contributed by atoms with van der Waals surface area (Å²) in [6.45, 7) is 2.03. The van der Waals surface area contributed by atoms with E-state index in [0.717, 1.165) is 23.4 Å². The molecule has 2 N–H and O–H groups in total. The van der Waals surface area contributed by atoms with Crippen LogP contribution in [0.1, 0.15) is 35.3 Å². The number of ether oxygens (including phenoxy) is 1. The van der Waals surface area contributed by atoms with E-state index in [9.17, 15) is 4.79 Å². The maximum atomic E-state index is 12.8. The largest absolute Gasteiger partial charge is 0.496 e. The van der Waals surface area contributed by atoms with Gasteiger partial charge in [-0.05, 0) is 36.8 Å². The van der Waals surface area contributed by atoms with Crippen molar-refractivity contribution < 1.29 is 9.53 Å². The van der Waals surface area contributed by atoms with Crippen LogP contribution in [-0.4, -0.2) is 23.0 Å². The fraction of sp³-hybridized carbons (Fsp3) is 0.190. The summed E-state index contributed by atoms with van der Waals surface area (Å²) in [5.41, 5.74) is 2.27. The second-order valence-electron chi connectivity index (χ2n) is 5.95. The Morgan fingerprint density at radius 2 is 1.85 bits per heavy atom. The number of carbonyl (C=O) groups is 1. The van der Waals surface area contributed by atoms with Crippen LogP contribution in [0.15, 0.2) is 67.0 Å². The molecule has 0 saturated carbocycles. The molecule has 138 valence electrons. The van der Waals surface area contributed by atoms with Crippen LogP contribution >= 0.6 is 0 Å². The molecular formula is C21H22N4O2. The number of hydrogen-bond acceptors (Lipinski definition) is 5. The number of carbonyl (C=O) groups excluding carboxylic acids is 1. The van der Waals surface area contributed by atoms with Gasteiger partial charge in [-0.25, -0.2) is 9.97 Å². The highest BCUT2D eigenvalue weighted by Crippen LogP contribution is 2.27. The van der Waals surface area contributed by atoms with E-state index in [2.05, 4.69) is 20.6 Å². The average Bonchev–Trinajstić information content (AvgIpc) is 2.73. The van der Waals surface area contributed by atoms with E-state index in [-0.39, 0.29) is 11.9 Å². The fourth-order valence-corrected chi connectivity index (χ4v) is 2.83. The lowest BCUT2D eigenvalue weighted by molar-refractivity contribution is 0.0935. The van der Waals surface area contributed by atoms with Gasteiger partial charge >= 0.3 is 0 Å². The summed E-state index contributed by atoms with van der Waals surface area (Å²) in [6.07, 6.45) is 4.07. The third-order valence-corrected chi connectivity index (χ3v) is 4.17. The van der Waals surface area contributed by atoms with Crippen molar-refractivity contribution >= 4 is 17.5 Å². The Balaban J connectivity index is 1.76. The maximum absolute atomic E-state index is 12.8. The molecule has 2 aromatic carbocycles. The molecule has 0 fully saturated rings. The van der Waals surface area contributed by atoms with E-state index in [4.69, 9.17) is 4.74 Å². The van der Waals surface area contributed by atoms with Gasteiger partial charge in [0, 0.05) is 29.2 Å². The molecule has 0 aliphatic carbocycles. The van der Waals surface area contributed by atoms with Gasteiger partial charge in [-0.15, -0.1) is 0 Å². The number of anilines is 2. The van der Waals surface area contributed by atoms with Crippen LogP contribution in [0.4, 0.5) is 11.6 Å². The lowest BCUT2D eigenvalue weighted by Gasteiger charge is -2.20. The molecular weight excluding hydrogens is 340 g/mol. The van der Waals surface area contributed by atoms with E-state index in [0.29, 0.717) is 11.5 Å². The Morgan fingerprint density at radius 3 is 2.59 bits per heavy atom. The Bertz CT molecular complexity index is 899. The van der Waals surface area contributed by atoms with Crippen LogP contribution in [0.25, 0.3) is 0 Å². The number of methoxy groups -OCH3 is 1. The molecule has 3 aromatic rings. The van der Waals surface area contributed by atoms with Crippen LogP contribution in [0, 0.1) is 0 Å². The van der Waals surface area contributed by atoms with Crippen molar-refractivity contribution in [3.8, 4) is 5.75 Å². The molecule has 27 heavy (non-hydrogen) atoms. The molecule has 0 aliphatic rings. The lowest BCUT2D eigenvalue weighted by atomic mass is 10.0. The summed E-state index contributed by atoms with van der Waals surface area (Å²) in [7, 11) is 1.63. The number of nitrogens with zero attached hydrogens (tertiary/aromatic N) is 2. The summed E-state index contributed by atoms with van der Waals surface area (Å²) in [4.78, 5) is 21.0. The summed E-state index contributed by atoms with van der Waals surface area (Å²) >= 11 is 0. The number of para-hydroxylation sites is 1. The molecule has 3 rings (SSSR count). The summed E-state index contributed by atoms with van der Waals surface area (Å²) in [6, 6.07) is 16.6. The van der Waals surface area contributed by atoms with Crippen LogP contribution in [0.5, 0.6) is 5.75 Å². The first-order valence-corrected chi connectivity index (χ1v) is 8.79. The van der Waals surface area contributed by atoms with Gasteiger partial charge in [0.1, 0.15) is 5.75 Å². The number of aromatic nitrogens is 2. The smallest absolute Gasteiger partial charge is 0.251 e. The van der Waals surface area contributed by atoms with Crippen molar-refractivity contribution in [3.63, 3.8) is 0 Å². The van der Waals surface area contributed by atoms with Crippen LogP contribution in [0.3, 0.4) is 0 Å². The zero-order chi connectivity index (χ0) is 19.1. The normalized spacial score (nSPS) is 11.5. The highest BCUT2D eigenvalue weighted by molar-refractivity contribution is 5.95. The third-order valence-electron chi connectivity index (χ3n) is 4.17. The first-order valence-electron chi connectivity index (χ1n) is 8.79. The van der Waals surface area contributed by atoms with Gasteiger partial charge in [0.15, 0.2) is 0 Å². The quantitative estimate of drug-likeness (QED) is 0.661. The number of rotatable bonds is 7. The van der Waals surface area contributed by atoms with Gasteiger partial charge in [0.05, 0.1) is 13.2 Å². The minimum absolute atomic E-state index is 0.136. The number of hydrogen-bond donors (Lipinski definition) is 2. The second kappa shape index (κ2) is 8.80. The molecule has 0 radical (unpaired) electrons. The standard InChI is InChI=1S/C21H22N4O2/c1-3-18(17-10-4-5-11-19(17)27-2)25-20(26)15-8-6-9-16(14-15)24-21-22-12-7-13-23-21/h4-14,18H,3H2,1-2H3,(H,25,26)(H,22,23,24). The topological polar surface area (TPSA) is 76.1 Å². The summed E-state index contributed by atoms with van der Waals surface area (Å²) in [5.74, 6) is 1.10. The first-order chi connectivity index (χ1) is 13.2. The molecule has 1 amide bonds. The monoisotopic (exact) mass is 362 g/mol. The van der Waals surface area contributed by atoms with Gasteiger partial charge in [-0.3, -0.25) is 4.79 Å². The molecule has 0 spiro atoms. The molecule has 1 heterocycles. The molecule has 0 bridgehead atoms. The van der Waals surface area contributed by atoms with Crippen LogP contribution in [-0.2, 0) is 0 Å². The predicted molar refractivity (Wildman–Crippen MR) is 105 cm³/mol. The van der Waals surface area contributed by atoms with Gasteiger partial charge in [-0.1, -0.05) is 31.2 Å². The predicted octanol–water partition coefficient (Wildman–Crippen LogP) is 4.11. The van der Waals surface area contributed by atoms with Gasteiger partial charge in [0.2, 0.25) is 5.95 Å². The van der Waals surface area contributed by atoms with E-state index < -0.39 is 0 Å². The van der Waals surface area contributed by atoms with Crippen molar-refractivity contribution in [3.05, 3.63) is 78.1 Å². The minimum Gasteiger partial charge on any atom is -0.496 e. The maximum Gasteiger partial charge on any atom is 0.251 e. The number of nitrogens with one attached hydrogen (secondary N) is 2. The number of amides is 1. The van der Waals surface area contributed by atoms with E-state index in [1.165, 1.54) is 0 Å². The summed E-state index contributed by atoms with van der Waals surface area (Å²) < 4.78 is 5.43. The highest BCUT2D eigenvalue weighted by Gasteiger charge is 2.17. The van der Waals surface area contributed by atoms with Crippen molar-refractivity contribution in [1.82, 2.24) is 15.3 Å². The van der Waals surface area contributed by atoms with Gasteiger partial charge in [0.25, 0.3) is 5.91 Å². The van der Waals surface area contributed by atoms with E-state index in [1.807, 2.05) is 43.3 Å². The minimum atomic E-state index is -0.148. The molecule has 1 aromatic heterocycles. The van der Waals surface area contributed by atoms with Crippen molar-refractivity contribution in [2.75, 3.05) is 12.4 Å². The van der Waals surface area contributed by atoms with Crippen molar-refractivity contribution in [1.29, 1.82) is 0 Å². The Morgan fingerprint density at radius 1 is 1.07 bits per heavy atom. The lowest BCUT2D eigenvalue weighted by Crippen LogP contribution is -2.28. The molecule has 0 aliphatic heterocycles. The third kappa shape index (κ3) is 4.61. The number of benzene rings is 2. The van der Waals surface area contributed by atoms with Crippen LogP contribution in [0.2, 0.25) is 0 Å². The molecule has 6 nitrogen and oxygen atoms in total. The first kappa shape index (κ1) is 18.4.